The van der Waals surface area contributed by atoms with E-state index >= 15 is 0 Å². The van der Waals surface area contributed by atoms with Crippen LogP contribution in [0.2, 0.25) is 0 Å². The summed E-state index contributed by atoms with van der Waals surface area (Å²) in [7, 11) is 1.72. The molecule has 0 heterocycles. The number of nitrogens with zero attached hydrogens (tertiary/aromatic N) is 1. The molecule has 1 rings (SSSR count). The van der Waals surface area contributed by atoms with Crippen molar-refractivity contribution in [3.05, 3.63) is 29.8 Å². The van der Waals surface area contributed by atoms with Gasteiger partial charge in [-0.15, -0.1) is 0 Å². The molecule has 3 nitrogen and oxygen atoms in total. The van der Waals surface area contributed by atoms with Gasteiger partial charge in [-0.05, 0) is 31.9 Å². The molecule has 0 aliphatic carbocycles. The third-order valence-corrected chi connectivity index (χ3v) is 3.16. The van der Waals surface area contributed by atoms with Crippen LogP contribution in [0.25, 0.3) is 0 Å². The Labute approximate surface area is 105 Å². The number of ether oxygens (including phenoxy) is 1. The highest BCUT2D eigenvalue weighted by molar-refractivity contribution is 5.52. The first kappa shape index (κ1) is 14.0. The SMILES string of the molecule is CCN(CCC(CN)OC)c1ccccc1C. The maximum atomic E-state index is 5.64. The Morgan fingerprint density at radius 1 is 1.35 bits per heavy atom. The van der Waals surface area contributed by atoms with E-state index in [0.717, 1.165) is 19.5 Å². The number of benzene rings is 1. The lowest BCUT2D eigenvalue weighted by Crippen LogP contribution is -2.31. The molecule has 0 aliphatic rings. The fourth-order valence-corrected chi connectivity index (χ4v) is 2.00. The first-order chi connectivity index (χ1) is 8.22. The van der Waals surface area contributed by atoms with Crippen molar-refractivity contribution in [1.82, 2.24) is 0 Å². The smallest absolute Gasteiger partial charge is 0.0710 e. The molecule has 0 amide bonds. The first-order valence-corrected chi connectivity index (χ1v) is 6.26. The molecule has 0 bridgehead atoms. The lowest BCUT2D eigenvalue weighted by atomic mass is 10.1. The molecule has 0 fully saturated rings. The van der Waals surface area contributed by atoms with Crippen LogP contribution in [0.4, 0.5) is 5.69 Å². The van der Waals surface area contributed by atoms with Gasteiger partial charge in [-0.2, -0.15) is 0 Å². The number of hydrogen-bond donors (Lipinski definition) is 1. The minimum absolute atomic E-state index is 0.160. The van der Waals surface area contributed by atoms with Gasteiger partial charge in [0, 0.05) is 32.4 Å². The molecule has 1 unspecified atom stereocenters. The van der Waals surface area contributed by atoms with Gasteiger partial charge in [0.1, 0.15) is 0 Å². The van der Waals surface area contributed by atoms with Crippen molar-refractivity contribution in [1.29, 1.82) is 0 Å². The summed E-state index contributed by atoms with van der Waals surface area (Å²) in [5, 5.41) is 0. The van der Waals surface area contributed by atoms with Crippen LogP contribution < -0.4 is 10.6 Å². The number of nitrogens with two attached hydrogens (primary N) is 1. The Balaban J connectivity index is 2.63. The van der Waals surface area contributed by atoms with Gasteiger partial charge in [0.25, 0.3) is 0 Å². The number of methoxy groups -OCH3 is 1. The van der Waals surface area contributed by atoms with Crippen molar-refractivity contribution in [3.8, 4) is 0 Å². The van der Waals surface area contributed by atoms with E-state index < -0.39 is 0 Å². The van der Waals surface area contributed by atoms with Crippen LogP contribution in [0.1, 0.15) is 18.9 Å². The summed E-state index contributed by atoms with van der Waals surface area (Å²) < 4.78 is 5.31. The van der Waals surface area contributed by atoms with Gasteiger partial charge in [-0.1, -0.05) is 18.2 Å². The van der Waals surface area contributed by atoms with Gasteiger partial charge >= 0.3 is 0 Å². The third kappa shape index (κ3) is 4.02. The van der Waals surface area contributed by atoms with E-state index in [0.29, 0.717) is 6.54 Å². The predicted octanol–water partition coefficient (Wildman–Crippen LogP) is 2.19. The van der Waals surface area contributed by atoms with E-state index in [-0.39, 0.29) is 6.10 Å². The summed E-state index contributed by atoms with van der Waals surface area (Å²) in [4.78, 5) is 2.37. The Morgan fingerprint density at radius 3 is 2.59 bits per heavy atom. The zero-order valence-corrected chi connectivity index (χ0v) is 11.1. The molecular weight excluding hydrogens is 212 g/mol. The number of rotatable bonds is 7. The number of aryl methyl sites for hydroxylation is 1. The number of hydrogen-bond acceptors (Lipinski definition) is 3. The van der Waals surface area contributed by atoms with Crippen molar-refractivity contribution in [2.24, 2.45) is 5.73 Å². The zero-order chi connectivity index (χ0) is 12.7. The molecule has 0 saturated carbocycles. The normalized spacial score (nSPS) is 12.5. The summed E-state index contributed by atoms with van der Waals surface area (Å²) in [6.45, 7) is 6.90. The number of para-hydroxylation sites is 1. The van der Waals surface area contributed by atoms with E-state index in [9.17, 15) is 0 Å². The molecule has 0 aliphatic heterocycles. The fraction of sp³-hybridized carbons (Fsp3) is 0.571. The van der Waals surface area contributed by atoms with Crippen LogP contribution in [0.3, 0.4) is 0 Å². The Kier molecular flexibility index (Phi) is 6.01. The van der Waals surface area contributed by atoms with E-state index in [2.05, 4.69) is 43.0 Å². The summed E-state index contributed by atoms with van der Waals surface area (Å²) in [5.41, 5.74) is 8.26. The summed E-state index contributed by atoms with van der Waals surface area (Å²) in [6.07, 6.45) is 1.13. The van der Waals surface area contributed by atoms with Crippen molar-refractivity contribution in [2.45, 2.75) is 26.4 Å². The predicted molar refractivity (Wildman–Crippen MR) is 73.5 cm³/mol. The lowest BCUT2D eigenvalue weighted by Gasteiger charge is -2.26. The summed E-state index contributed by atoms with van der Waals surface area (Å²) in [6, 6.07) is 8.48. The highest BCUT2D eigenvalue weighted by Crippen LogP contribution is 2.19. The largest absolute Gasteiger partial charge is 0.380 e. The average Bonchev–Trinajstić information content (AvgIpc) is 2.36. The van der Waals surface area contributed by atoms with E-state index in [1.807, 2.05) is 0 Å². The van der Waals surface area contributed by atoms with Gasteiger partial charge in [0.05, 0.1) is 6.10 Å². The zero-order valence-electron chi connectivity index (χ0n) is 11.1. The molecule has 1 aromatic rings. The fourth-order valence-electron chi connectivity index (χ4n) is 2.00. The second-order valence-electron chi connectivity index (χ2n) is 4.25. The third-order valence-electron chi connectivity index (χ3n) is 3.16. The maximum absolute atomic E-state index is 5.64. The van der Waals surface area contributed by atoms with Gasteiger partial charge in [-0.25, -0.2) is 0 Å². The molecule has 0 saturated heterocycles. The van der Waals surface area contributed by atoms with Crippen LogP contribution in [0.15, 0.2) is 24.3 Å². The van der Waals surface area contributed by atoms with Crippen molar-refractivity contribution >= 4 is 5.69 Å². The Hall–Kier alpha value is -1.06. The quantitative estimate of drug-likeness (QED) is 0.788. The average molecular weight is 236 g/mol. The van der Waals surface area contributed by atoms with Crippen molar-refractivity contribution < 1.29 is 4.74 Å². The van der Waals surface area contributed by atoms with Crippen LogP contribution in [-0.4, -0.2) is 32.8 Å². The first-order valence-electron chi connectivity index (χ1n) is 6.26. The summed E-state index contributed by atoms with van der Waals surface area (Å²) >= 11 is 0. The second kappa shape index (κ2) is 7.30. The van der Waals surface area contributed by atoms with Crippen LogP contribution in [0, 0.1) is 6.92 Å². The molecule has 0 radical (unpaired) electrons. The van der Waals surface area contributed by atoms with Crippen LogP contribution in [0.5, 0.6) is 0 Å². The summed E-state index contributed by atoms with van der Waals surface area (Å²) in [5.74, 6) is 0. The van der Waals surface area contributed by atoms with E-state index in [1.165, 1.54) is 11.3 Å². The van der Waals surface area contributed by atoms with Gasteiger partial charge in [0.15, 0.2) is 0 Å². The Bertz CT molecular complexity index is 324. The topological polar surface area (TPSA) is 38.5 Å². The highest BCUT2D eigenvalue weighted by Gasteiger charge is 2.10. The lowest BCUT2D eigenvalue weighted by molar-refractivity contribution is 0.104. The van der Waals surface area contributed by atoms with Crippen LogP contribution in [-0.2, 0) is 4.74 Å². The van der Waals surface area contributed by atoms with Gasteiger partial charge in [-0.3, -0.25) is 0 Å². The number of anilines is 1. The Morgan fingerprint density at radius 2 is 2.06 bits per heavy atom. The van der Waals surface area contributed by atoms with Crippen molar-refractivity contribution in [2.75, 3.05) is 31.6 Å². The second-order valence-corrected chi connectivity index (χ2v) is 4.25. The molecule has 0 spiro atoms. The standard InChI is InChI=1S/C14H24N2O/c1-4-16(10-9-13(11-15)17-3)14-8-6-5-7-12(14)2/h5-8,13H,4,9-11,15H2,1-3H3. The maximum Gasteiger partial charge on any atom is 0.0710 e. The molecule has 3 heteroatoms. The molecule has 2 N–H and O–H groups in total. The minimum atomic E-state index is 0.160. The van der Waals surface area contributed by atoms with Crippen molar-refractivity contribution in [3.63, 3.8) is 0 Å². The van der Waals surface area contributed by atoms with E-state index in [4.69, 9.17) is 10.5 Å². The molecule has 17 heavy (non-hydrogen) atoms. The molecule has 1 aromatic carbocycles. The monoisotopic (exact) mass is 236 g/mol. The van der Waals surface area contributed by atoms with E-state index in [1.54, 1.807) is 7.11 Å². The molecule has 1 atom stereocenters. The van der Waals surface area contributed by atoms with Gasteiger partial charge < -0.3 is 15.4 Å². The molecular formula is C14H24N2O. The molecule has 96 valence electrons. The van der Waals surface area contributed by atoms with Gasteiger partial charge in [0.2, 0.25) is 0 Å². The highest BCUT2D eigenvalue weighted by atomic mass is 16.5. The molecule has 0 aromatic heterocycles. The van der Waals surface area contributed by atoms with Crippen LogP contribution >= 0.6 is 0 Å². The minimum Gasteiger partial charge on any atom is -0.380 e.